The number of methoxy groups -OCH3 is 2. The van der Waals surface area contributed by atoms with Crippen LogP contribution in [0.1, 0.15) is 30.6 Å². The highest BCUT2D eigenvalue weighted by molar-refractivity contribution is 7.99. The van der Waals surface area contributed by atoms with Gasteiger partial charge in [0.25, 0.3) is 5.91 Å². The van der Waals surface area contributed by atoms with Gasteiger partial charge in [-0.3, -0.25) is 14.5 Å². The first-order valence-corrected chi connectivity index (χ1v) is 15.8. The lowest BCUT2D eigenvalue weighted by Gasteiger charge is -2.36. The van der Waals surface area contributed by atoms with E-state index in [9.17, 15) is 9.59 Å². The fourth-order valence-electron chi connectivity index (χ4n) is 5.67. The molecule has 8 nitrogen and oxygen atoms in total. The summed E-state index contributed by atoms with van der Waals surface area (Å²) in [6.07, 6.45) is 0.768. The van der Waals surface area contributed by atoms with Gasteiger partial charge in [-0.15, -0.1) is 11.8 Å². The largest absolute Gasteiger partial charge is 0.497 e. The molecule has 3 aromatic carbocycles. The third-order valence-corrected chi connectivity index (χ3v) is 9.48. The van der Waals surface area contributed by atoms with Crippen LogP contribution in [0.15, 0.2) is 71.6 Å². The number of carbonyl (C=O) groups is 2. The zero-order valence-corrected chi connectivity index (χ0v) is 26.4. The molecule has 0 bridgehead atoms. The Kier molecular flexibility index (Phi) is 10.4. The quantitative estimate of drug-likeness (QED) is 0.199. The Morgan fingerprint density at radius 1 is 0.907 bits per heavy atom. The molecule has 0 aromatic heterocycles. The molecule has 0 unspecified atom stereocenters. The molecule has 10 heteroatoms. The number of carbonyl (C=O) groups excluding carboxylic acids is 2. The Hall–Kier alpha value is -3.40. The van der Waals surface area contributed by atoms with Gasteiger partial charge in [-0.25, -0.2) is 0 Å². The summed E-state index contributed by atoms with van der Waals surface area (Å²) in [4.78, 5) is 33.8. The van der Waals surface area contributed by atoms with Crippen molar-refractivity contribution in [3.8, 4) is 11.5 Å². The number of hydrogen-bond acceptors (Lipinski definition) is 8. The number of fused-ring (bicyclic) bond motifs is 1. The van der Waals surface area contributed by atoms with E-state index < -0.39 is 17.3 Å². The number of thioether (sulfide) groups is 1. The average molecular weight is 624 g/mol. The van der Waals surface area contributed by atoms with E-state index in [1.807, 2.05) is 54.6 Å². The van der Waals surface area contributed by atoms with Gasteiger partial charge >= 0.3 is 5.97 Å². The maximum atomic E-state index is 14.1. The van der Waals surface area contributed by atoms with E-state index in [1.54, 1.807) is 25.2 Å². The number of anilines is 2. The van der Waals surface area contributed by atoms with E-state index in [1.165, 1.54) is 18.7 Å². The minimum absolute atomic E-state index is 0.227. The van der Waals surface area contributed by atoms with Crippen LogP contribution in [0, 0.1) is 0 Å². The number of nitrogens with zero attached hydrogens (tertiary/aromatic N) is 3. The summed E-state index contributed by atoms with van der Waals surface area (Å²) in [5, 5.41) is 0.148. The molecule has 1 saturated heterocycles. The lowest BCUT2D eigenvalue weighted by Crippen LogP contribution is -2.47. The fraction of sp³-hybridized carbons (Fsp3) is 0.394. The minimum atomic E-state index is -0.981. The highest BCUT2D eigenvalue weighted by Gasteiger charge is 2.40. The van der Waals surface area contributed by atoms with Gasteiger partial charge in [0.05, 0.1) is 30.8 Å². The second-order valence-corrected chi connectivity index (χ2v) is 12.3. The zero-order valence-electron chi connectivity index (χ0n) is 24.8. The zero-order chi connectivity index (χ0) is 30.3. The molecule has 0 spiro atoms. The van der Waals surface area contributed by atoms with Crippen molar-refractivity contribution in [3.05, 3.63) is 77.3 Å². The number of benzene rings is 3. The normalized spacial score (nSPS) is 19.0. The number of rotatable bonds is 10. The summed E-state index contributed by atoms with van der Waals surface area (Å²) in [6, 6.07) is 21.2. The van der Waals surface area contributed by atoms with Crippen molar-refractivity contribution in [2.24, 2.45) is 0 Å². The molecule has 3 aromatic rings. The van der Waals surface area contributed by atoms with Crippen molar-refractivity contribution in [1.82, 2.24) is 4.90 Å². The average Bonchev–Trinajstić information content (AvgIpc) is 3.13. The summed E-state index contributed by atoms with van der Waals surface area (Å²) >= 11 is 7.90. The SMILES string of the molecule is COc1ccc([C@@H]2Sc3cc(Cl)ccc3N(CCCCN3CCN(c4ccccc4OC)CC3)C(=O)[C@@H]2OC(C)=O)cc1. The van der Waals surface area contributed by atoms with Crippen LogP contribution >= 0.6 is 23.4 Å². The van der Waals surface area contributed by atoms with Gasteiger partial charge in [0.15, 0.2) is 6.10 Å². The summed E-state index contributed by atoms with van der Waals surface area (Å²) in [5.74, 6) is 0.895. The van der Waals surface area contributed by atoms with Gasteiger partial charge in [0, 0.05) is 49.6 Å². The van der Waals surface area contributed by atoms with E-state index in [4.69, 9.17) is 25.8 Å². The second kappa shape index (κ2) is 14.4. The molecular formula is C33H38ClN3O5S. The maximum absolute atomic E-state index is 14.1. The van der Waals surface area contributed by atoms with Crippen LogP contribution in [0.25, 0.3) is 0 Å². The van der Waals surface area contributed by atoms with E-state index in [-0.39, 0.29) is 5.91 Å². The number of amides is 1. The molecule has 1 fully saturated rings. The highest BCUT2D eigenvalue weighted by Crippen LogP contribution is 2.47. The van der Waals surface area contributed by atoms with Crippen molar-refractivity contribution >= 4 is 46.6 Å². The number of para-hydroxylation sites is 2. The van der Waals surface area contributed by atoms with Crippen LogP contribution in [0.4, 0.5) is 11.4 Å². The van der Waals surface area contributed by atoms with E-state index in [0.29, 0.717) is 17.3 Å². The summed E-state index contributed by atoms with van der Waals surface area (Å²) < 4.78 is 16.6. The van der Waals surface area contributed by atoms with Crippen LogP contribution < -0.4 is 19.3 Å². The number of hydrogen-bond donors (Lipinski definition) is 0. The molecule has 228 valence electrons. The first-order chi connectivity index (χ1) is 20.9. The second-order valence-electron chi connectivity index (χ2n) is 10.7. The number of piperazine rings is 1. The van der Waals surface area contributed by atoms with E-state index in [2.05, 4.69) is 15.9 Å². The smallest absolute Gasteiger partial charge is 0.303 e. The molecule has 0 N–H and O–H groups in total. The van der Waals surface area contributed by atoms with Gasteiger partial charge in [0.2, 0.25) is 0 Å². The summed E-state index contributed by atoms with van der Waals surface area (Å²) in [5.41, 5.74) is 2.79. The Bertz CT molecular complexity index is 1410. The van der Waals surface area contributed by atoms with Crippen LogP contribution in [0.2, 0.25) is 5.02 Å². The number of halogens is 1. The minimum Gasteiger partial charge on any atom is -0.497 e. The van der Waals surface area contributed by atoms with Crippen molar-refractivity contribution < 1.29 is 23.8 Å². The van der Waals surface area contributed by atoms with Gasteiger partial charge in [-0.2, -0.15) is 0 Å². The predicted molar refractivity (Wildman–Crippen MR) is 172 cm³/mol. The molecule has 43 heavy (non-hydrogen) atoms. The van der Waals surface area contributed by atoms with Crippen LogP contribution in [-0.4, -0.2) is 76.4 Å². The molecule has 2 atom stereocenters. The third kappa shape index (κ3) is 7.40. The first-order valence-electron chi connectivity index (χ1n) is 14.6. The predicted octanol–water partition coefficient (Wildman–Crippen LogP) is 6.07. The van der Waals surface area contributed by atoms with Crippen LogP contribution in [0.5, 0.6) is 11.5 Å². The molecule has 0 radical (unpaired) electrons. The van der Waals surface area contributed by atoms with E-state index in [0.717, 1.165) is 73.1 Å². The van der Waals surface area contributed by atoms with Crippen molar-refractivity contribution in [3.63, 3.8) is 0 Å². The molecule has 0 aliphatic carbocycles. The monoisotopic (exact) mass is 623 g/mol. The Labute approximate surface area is 262 Å². The lowest BCUT2D eigenvalue weighted by molar-refractivity contribution is -0.152. The molecule has 2 heterocycles. The summed E-state index contributed by atoms with van der Waals surface area (Å²) in [7, 11) is 3.32. The van der Waals surface area contributed by atoms with Gasteiger partial charge in [0.1, 0.15) is 11.5 Å². The number of esters is 1. The molecule has 5 rings (SSSR count). The van der Waals surface area contributed by atoms with Crippen molar-refractivity contribution in [2.45, 2.75) is 36.0 Å². The van der Waals surface area contributed by atoms with Crippen LogP contribution in [-0.2, 0) is 14.3 Å². The van der Waals surface area contributed by atoms with Gasteiger partial charge in [-0.05, 0) is 67.4 Å². The highest BCUT2D eigenvalue weighted by atomic mass is 35.5. The third-order valence-electron chi connectivity index (χ3n) is 7.89. The fourth-order valence-corrected chi connectivity index (χ4v) is 7.27. The first kappa shape index (κ1) is 31.0. The van der Waals surface area contributed by atoms with Gasteiger partial charge in [-0.1, -0.05) is 35.9 Å². The number of unbranched alkanes of at least 4 members (excludes halogenated alkanes) is 1. The summed E-state index contributed by atoms with van der Waals surface area (Å²) in [6.45, 7) is 6.62. The Morgan fingerprint density at radius 2 is 1.63 bits per heavy atom. The molecule has 2 aliphatic heterocycles. The number of ether oxygens (including phenoxy) is 3. The maximum Gasteiger partial charge on any atom is 0.303 e. The molecule has 2 aliphatic rings. The standard InChI is InChI=1S/C33H38ClN3O5S/c1-23(38)42-31-32(24-10-13-26(40-2)14-11-24)43-30-22-25(34)12-15-28(30)37(33(31)39)17-7-6-16-35-18-20-36(21-19-35)27-8-4-5-9-29(27)41-3/h4-5,8-15,22,31-32H,6-7,16-21H2,1-3H3/t31-,32+/m1/s1. The molecule has 1 amide bonds. The van der Waals surface area contributed by atoms with Crippen molar-refractivity contribution in [1.29, 1.82) is 0 Å². The molecule has 0 saturated carbocycles. The Morgan fingerprint density at radius 3 is 2.33 bits per heavy atom. The Balaban J connectivity index is 1.26. The molecular weight excluding hydrogens is 586 g/mol. The van der Waals surface area contributed by atoms with E-state index >= 15 is 0 Å². The topological polar surface area (TPSA) is 71.6 Å². The lowest BCUT2D eigenvalue weighted by atomic mass is 10.1. The van der Waals surface area contributed by atoms with Crippen molar-refractivity contribution in [2.75, 3.05) is 63.3 Å². The van der Waals surface area contributed by atoms with Gasteiger partial charge < -0.3 is 24.0 Å². The van der Waals surface area contributed by atoms with Crippen LogP contribution in [0.3, 0.4) is 0 Å².